The summed E-state index contributed by atoms with van der Waals surface area (Å²) < 4.78 is 39.9. The lowest BCUT2D eigenvalue weighted by atomic mass is 10.4. The first-order valence-corrected chi connectivity index (χ1v) is 5.32. The number of nitrogen functional groups attached to an aromatic ring is 1. The Hall–Kier alpha value is -0.000000000000000333. The van der Waals surface area contributed by atoms with Gasteiger partial charge in [0.25, 0.3) is 0 Å². The zero-order chi connectivity index (χ0) is 10.9. The SMILES string of the molecule is Nc1cc(OC(F)(F)F)c(I)nc1I. The highest BCUT2D eigenvalue weighted by Gasteiger charge is 2.32. The van der Waals surface area contributed by atoms with Crippen molar-refractivity contribution < 1.29 is 17.9 Å². The Balaban J connectivity index is 3.04. The fraction of sp³-hybridized carbons (Fsp3) is 0.167. The number of pyridine rings is 1. The van der Waals surface area contributed by atoms with E-state index >= 15 is 0 Å². The molecule has 0 unspecified atom stereocenters. The molecule has 3 nitrogen and oxygen atoms in total. The van der Waals surface area contributed by atoms with Gasteiger partial charge in [-0.2, -0.15) is 0 Å². The molecule has 0 saturated heterocycles. The number of halogens is 5. The lowest BCUT2D eigenvalue weighted by Gasteiger charge is -2.10. The number of anilines is 1. The molecule has 1 aromatic heterocycles. The molecule has 0 bridgehead atoms. The van der Waals surface area contributed by atoms with Crippen molar-refractivity contribution in [1.29, 1.82) is 0 Å². The Kier molecular flexibility index (Phi) is 3.66. The molecule has 1 rings (SSSR count). The molecule has 0 aliphatic carbocycles. The van der Waals surface area contributed by atoms with E-state index in [1.807, 2.05) is 22.6 Å². The summed E-state index contributed by atoms with van der Waals surface area (Å²) >= 11 is 3.47. The molecule has 0 radical (unpaired) electrons. The molecule has 0 aromatic carbocycles. The molecule has 1 heterocycles. The van der Waals surface area contributed by atoms with Gasteiger partial charge < -0.3 is 10.5 Å². The van der Waals surface area contributed by atoms with Gasteiger partial charge in [0.15, 0.2) is 5.75 Å². The van der Waals surface area contributed by atoms with Crippen LogP contribution in [0.2, 0.25) is 0 Å². The van der Waals surface area contributed by atoms with Crippen LogP contribution in [0.25, 0.3) is 0 Å². The second kappa shape index (κ2) is 4.24. The predicted octanol–water partition coefficient (Wildman–Crippen LogP) is 2.77. The van der Waals surface area contributed by atoms with Crippen LogP contribution in [-0.2, 0) is 0 Å². The van der Waals surface area contributed by atoms with E-state index in [0.717, 1.165) is 6.07 Å². The third kappa shape index (κ3) is 3.29. The highest BCUT2D eigenvalue weighted by Crippen LogP contribution is 2.29. The Morgan fingerprint density at radius 1 is 1.29 bits per heavy atom. The first-order chi connectivity index (χ1) is 6.29. The van der Waals surface area contributed by atoms with E-state index in [-0.39, 0.29) is 15.1 Å². The van der Waals surface area contributed by atoms with Gasteiger partial charge in [-0.1, -0.05) is 0 Å². The minimum absolute atomic E-state index is 0.124. The summed E-state index contributed by atoms with van der Waals surface area (Å²) in [6, 6.07) is 1.10. The summed E-state index contributed by atoms with van der Waals surface area (Å²) in [5.41, 5.74) is 5.55. The number of rotatable bonds is 1. The quantitative estimate of drug-likeness (QED) is 0.551. The standard InChI is InChI=1S/C6H3F3I2N2O/c7-6(8,9)14-3-1-2(12)4(10)13-5(3)11/h1H,12H2. The van der Waals surface area contributed by atoms with Gasteiger partial charge in [0.05, 0.1) is 5.69 Å². The van der Waals surface area contributed by atoms with Crippen LogP contribution in [0.15, 0.2) is 6.07 Å². The van der Waals surface area contributed by atoms with Gasteiger partial charge in [0, 0.05) is 6.07 Å². The van der Waals surface area contributed by atoms with Gasteiger partial charge in [-0.15, -0.1) is 13.2 Å². The first-order valence-electron chi connectivity index (χ1n) is 3.17. The Morgan fingerprint density at radius 3 is 2.36 bits per heavy atom. The maximum Gasteiger partial charge on any atom is 0.573 e. The smallest absolute Gasteiger partial charge is 0.403 e. The number of nitrogens with zero attached hydrogens (tertiary/aromatic N) is 1. The zero-order valence-electron chi connectivity index (χ0n) is 6.40. The van der Waals surface area contributed by atoms with Gasteiger partial charge in [-0.3, -0.25) is 0 Å². The predicted molar refractivity (Wildman–Crippen MR) is 60.8 cm³/mol. The second-order valence-corrected chi connectivity index (χ2v) is 4.25. The van der Waals surface area contributed by atoms with Crippen LogP contribution in [0, 0.1) is 7.40 Å². The van der Waals surface area contributed by atoms with Crippen LogP contribution in [0.4, 0.5) is 18.9 Å². The fourth-order valence-corrected chi connectivity index (χ4v) is 2.03. The highest BCUT2D eigenvalue weighted by atomic mass is 127. The van der Waals surface area contributed by atoms with E-state index < -0.39 is 6.36 Å². The van der Waals surface area contributed by atoms with Gasteiger partial charge in [0.1, 0.15) is 7.40 Å². The molecule has 0 aliphatic rings. The van der Waals surface area contributed by atoms with Crippen LogP contribution in [0.5, 0.6) is 5.75 Å². The molecule has 8 heteroatoms. The van der Waals surface area contributed by atoms with Crippen LogP contribution in [0.3, 0.4) is 0 Å². The Morgan fingerprint density at radius 2 is 1.86 bits per heavy atom. The summed E-state index contributed by atoms with van der Waals surface area (Å²) in [6.45, 7) is 0. The highest BCUT2D eigenvalue weighted by molar-refractivity contribution is 14.1. The van der Waals surface area contributed by atoms with Gasteiger partial charge in [-0.05, 0) is 45.2 Å². The van der Waals surface area contributed by atoms with Crippen LogP contribution < -0.4 is 10.5 Å². The molecule has 0 fully saturated rings. The summed E-state index contributed by atoms with van der Waals surface area (Å²) in [7, 11) is 0. The first kappa shape index (κ1) is 12.1. The number of ether oxygens (including phenoxy) is 1. The largest absolute Gasteiger partial charge is 0.573 e. The number of alkyl halides is 3. The fourth-order valence-electron chi connectivity index (χ4n) is 0.662. The topological polar surface area (TPSA) is 48.1 Å². The maximum absolute atomic E-state index is 11.9. The summed E-state index contributed by atoms with van der Waals surface area (Å²) in [6.07, 6.45) is -4.72. The van der Waals surface area contributed by atoms with Crippen molar-refractivity contribution in [3.05, 3.63) is 13.5 Å². The third-order valence-corrected chi connectivity index (χ3v) is 2.79. The Labute approximate surface area is 104 Å². The molecule has 0 spiro atoms. The van der Waals surface area contributed by atoms with E-state index in [1.54, 1.807) is 22.6 Å². The lowest BCUT2D eigenvalue weighted by molar-refractivity contribution is -0.275. The average Bonchev–Trinajstić information content (AvgIpc) is 1.97. The molecular weight excluding hydrogens is 427 g/mol. The van der Waals surface area contributed by atoms with E-state index in [9.17, 15) is 13.2 Å². The van der Waals surface area contributed by atoms with Crippen molar-refractivity contribution in [3.63, 3.8) is 0 Å². The molecule has 78 valence electrons. The number of nitrogens with two attached hydrogens (primary N) is 1. The van der Waals surface area contributed by atoms with E-state index in [1.165, 1.54) is 0 Å². The van der Waals surface area contributed by atoms with Crippen LogP contribution in [0.1, 0.15) is 0 Å². The van der Waals surface area contributed by atoms with Crippen LogP contribution in [-0.4, -0.2) is 11.3 Å². The molecule has 0 saturated carbocycles. The van der Waals surface area contributed by atoms with Crippen molar-refractivity contribution in [2.45, 2.75) is 6.36 Å². The zero-order valence-corrected chi connectivity index (χ0v) is 10.7. The van der Waals surface area contributed by atoms with Gasteiger partial charge in [-0.25, -0.2) is 4.98 Å². The molecule has 2 N–H and O–H groups in total. The van der Waals surface area contributed by atoms with Crippen molar-refractivity contribution in [1.82, 2.24) is 4.98 Å². The van der Waals surface area contributed by atoms with Crippen molar-refractivity contribution in [2.75, 3.05) is 5.73 Å². The number of hydrogen-bond donors (Lipinski definition) is 1. The molecule has 0 atom stereocenters. The summed E-state index contributed by atoms with van der Waals surface area (Å²) in [5, 5.41) is 0. The Bertz CT molecular complexity index is 356. The van der Waals surface area contributed by atoms with E-state index in [0.29, 0.717) is 3.70 Å². The number of aromatic nitrogens is 1. The van der Waals surface area contributed by atoms with E-state index in [2.05, 4.69) is 9.72 Å². The molecule has 0 aliphatic heterocycles. The minimum Gasteiger partial charge on any atom is -0.403 e. The third-order valence-electron chi connectivity index (χ3n) is 1.15. The van der Waals surface area contributed by atoms with Crippen LogP contribution >= 0.6 is 45.2 Å². The van der Waals surface area contributed by atoms with Gasteiger partial charge in [0.2, 0.25) is 0 Å². The minimum atomic E-state index is -4.72. The van der Waals surface area contributed by atoms with Crippen molar-refractivity contribution in [2.24, 2.45) is 0 Å². The van der Waals surface area contributed by atoms with Gasteiger partial charge >= 0.3 is 6.36 Å². The van der Waals surface area contributed by atoms with E-state index in [4.69, 9.17) is 5.73 Å². The molecule has 14 heavy (non-hydrogen) atoms. The number of hydrogen-bond acceptors (Lipinski definition) is 3. The monoisotopic (exact) mass is 430 g/mol. The second-order valence-electron chi connectivity index (χ2n) is 2.21. The molecule has 1 aromatic rings. The summed E-state index contributed by atoms with van der Waals surface area (Å²) in [4.78, 5) is 3.78. The summed E-state index contributed by atoms with van der Waals surface area (Å²) in [5.74, 6) is -0.379. The maximum atomic E-state index is 11.9. The van der Waals surface area contributed by atoms with Crippen molar-refractivity contribution in [3.8, 4) is 5.75 Å². The molecular formula is C6H3F3I2N2O. The average molecular weight is 430 g/mol. The molecule has 0 amide bonds. The van der Waals surface area contributed by atoms with Crippen molar-refractivity contribution >= 4 is 50.9 Å². The normalized spacial score (nSPS) is 11.5. The lowest BCUT2D eigenvalue weighted by Crippen LogP contribution is -2.18.